The van der Waals surface area contributed by atoms with Crippen LogP contribution in [0.2, 0.25) is 0 Å². The summed E-state index contributed by atoms with van der Waals surface area (Å²) in [7, 11) is 0. The number of phenolic OH excluding ortho intramolecular Hbond substituents is 1. The van der Waals surface area contributed by atoms with E-state index in [-0.39, 0.29) is 17.4 Å². The fourth-order valence-corrected chi connectivity index (χ4v) is 11.7. The van der Waals surface area contributed by atoms with Gasteiger partial charge in [0.15, 0.2) is 5.82 Å². The van der Waals surface area contributed by atoms with E-state index in [0.717, 1.165) is 94.3 Å². The van der Waals surface area contributed by atoms with Gasteiger partial charge in [-0.15, -0.1) is 21.5 Å². The molecular formula is C50H52F3N7O2S. The minimum atomic E-state index is -0.801. The molecule has 2 N–H and O–H groups in total. The van der Waals surface area contributed by atoms with Crippen LogP contribution in [-0.4, -0.2) is 87.0 Å². The van der Waals surface area contributed by atoms with Crippen LogP contribution in [-0.2, 0) is 6.42 Å². The van der Waals surface area contributed by atoms with Crippen molar-refractivity contribution in [1.82, 2.24) is 19.7 Å². The third-order valence-electron chi connectivity index (χ3n) is 14.1. The van der Waals surface area contributed by atoms with E-state index in [1.807, 2.05) is 13.0 Å². The molecule has 0 radical (unpaired) electrons. The van der Waals surface area contributed by atoms with Crippen molar-refractivity contribution in [3.63, 3.8) is 0 Å². The number of aromatic nitrogens is 3. The number of hydrogen-bond acceptors (Lipinski definition) is 9. The van der Waals surface area contributed by atoms with E-state index < -0.39 is 34.9 Å². The van der Waals surface area contributed by atoms with Crippen LogP contribution in [0.3, 0.4) is 0 Å². The van der Waals surface area contributed by atoms with E-state index in [1.54, 1.807) is 41.7 Å². The molecule has 10 rings (SSSR count). The first-order valence-electron chi connectivity index (χ1n) is 22.1. The first-order valence-corrected chi connectivity index (χ1v) is 22.9. The number of fused-ring (bicyclic) bond motifs is 4. The Labute approximate surface area is 370 Å². The Morgan fingerprint density at radius 3 is 2.22 bits per heavy atom. The van der Waals surface area contributed by atoms with Crippen molar-refractivity contribution in [1.29, 1.82) is 0 Å². The van der Waals surface area contributed by atoms with Gasteiger partial charge in [0, 0.05) is 79.1 Å². The van der Waals surface area contributed by atoms with Gasteiger partial charge in [0.05, 0.1) is 11.3 Å². The minimum Gasteiger partial charge on any atom is -0.508 e. The molecule has 3 aliphatic heterocycles. The van der Waals surface area contributed by atoms with Gasteiger partial charge in [0.2, 0.25) is 0 Å². The summed E-state index contributed by atoms with van der Waals surface area (Å²) in [5, 5.41) is 32.0. The van der Waals surface area contributed by atoms with Gasteiger partial charge in [0.1, 0.15) is 40.1 Å². The molecule has 3 atom stereocenters. The maximum absolute atomic E-state index is 16.4. The predicted molar refractivity (Wildman–Crippen MR) is 243 cm³/mol. The number of aromatic hydroxyl groups is 1. The number of rotatable bonds is 7. The molecule has 5 heterocycles. The lowest BCUT2D eigenvalue weighted by Crippen LogP contribution is -2.55. The number of aliphatic hydroxyl groups is 1. The van der Waals surface area contributed by atoms with Crippen molar-refractivity contribution < 1.29 is 23.4 Å². The van der Waals surface area contributed by atoms with Crippen LogP contribution in [0.15, 0.2) is 83.9 Å². The number of aliphatic imine (C=N–C) groups is 1. The summed E-state index contributed by atoms with van der Waals surface area (Å²) in [6, 6.07) is 22.4. The monoisotopic (exact) mass is 871 g/mol. The van der Waals surface area contributed by atoms with Crippen molar-refractivity contribution in [2.75, 3.05) is 55.6 Å². The minimum absolute atomic E-state index is 0.125. The van der Waals surface area contributed by atoms with Gasteiger partial charge in [-0.25, -0.2) is 13.2 Å². The molecule has 13 heteroatoms. The fraction of sp³-hybridized carbons (Fsp3) is 0.380. The number of halogens is 3. The van der Waals surface area contributed by atoms with Gasteiger partial charge in [-0.05, 0) is 142 Å². The summed E-state index contributed by atoms with van der Waals surface area (Å²) in [5.74, 6) is -0.613. The van der Waals surface area contributed by atoms with Gasteiger partial charge < -0.3 is 20.0 Å². The van der Waals surface area contributed by atoms with Gasteiger partial charge in [-0.1, -0.05) is 24.3 Å². The van der Waals surface area contributed by atoms with Gasteiger partial charge in [0.25, 0.3) is 0 Å². The summed E-state index contributed by atoms with van der Waals surface area (Å²) in [5.41, 5.74) is 7.88. The van der Waals surface area contributed by atoms with Crippen molar-refractivity contribution in [2.45, 2.75) is 76.9 Å². The molecule has 63 heavy (non-hydrogen) atoms. The Bertz CT molecular complexity index is 2730. The third kappa shape index (κ3) is 7.61. The third-order valence-corrected chi connectivity index (χ3v) is 15.3. The van der Waals surface area contributed by atoms with Crippen LogP contribution in [0.4, 0.5) is 24.5 Å². The molecule has 1 aliphatic carbocycles. The van der Waals surface area contributed by atoms with E-state index in [1.165, 1.54) is 16.5 Å². The average molecular weight is 872 g/mol. The molecule has 0 spiro atoms. The lowest BCUT2D eigenvalue weighted by atomic mass is 9.69. The number of hydrogen-bond donors (Lipinski definition) is 2. The highest BCUT2D eigenvalue weighted by Crippen LogP contribution is 2.49. The number of anilines is 2. The summed E-state index contributed by atoms with van der Waals surface area (Å²) in [6.07, 6.45) is 2.37. The fourth-order valence-electron chi connectivity index (χ4n) is 10.5. The van der Waals surface area contributed by atoms with Crippen LogP contribution in [0.1, 0.15) is 99.5 Å². The lowest BCUT2D eigenvalue weighted by Gasteiger charge is -2.44. The number of thiophene rings is 1. The molecule has 4 aliphatic rings. The van der Waals surface area contributed by atoms with Crippen molar-refractivity contribution in [2.24, 2.45) is 4.99 Å². The maximum atomic E-state index is 16.4. The Balaban J connectivity index is 0.777. The number of piperazine rings is 1. The van der Waals surface area contributed by atoms with Crippen LogP contribution in [0.5, 0.6) is 5.75 Å². The number of benzene rings is 4. The molecule has 2 saturated heterocycles. The molecule has 9 nitrogen and oxygen atoms in total. The Morgan fingerprint density at radius 1 is 0.762 bits per heavy atom. The summed E-state index contributed by atoms with van der Waals surface area (Å²) in [6.45, 7) is 13.3. The highest BCUT2D eigenvalue weighted by atomic mass is 32.1. The molecule has 0 bridgehead atoms. The van der Waals surface area contributed by atoms with Gasteiger partial charge >= 0.3 is 0 Å². The van der Waals surface area contributed by atoms with Gasteiger partial charge in [-0.2, -0.15) is 0 Å². The lowest BCUT2D eigenvalue weighted by molar-refractivity contribution is -0.0173. The second-order valence-electron chi connectivity index (χ2n) is 18.0. The highest BCUT2D eigenvalue weighted by Gasteiger charge is 2.38. The van der Waals surface area contributed by atoms with E-state index >= 15 is 8.78 Å². The average Bonchev–Trinajstić information content (AvgIpc) is 3.77. The second kappa shape index (κ2) is 16.2. The first kappa shape index (κ1) is 41.5. The van der Waals surface area contributed by atoms with E-state index in [9.17, 15) is 14.6 Å². The zero-order valence-corrected chi connectivity index (χ0v) is 36.9. The Morgan fingerprint density at radius 2 is 1.48 bits per heavy atom. The molecular weight excluding hydrogens is 820 g/mol. The number of piperidine rings is 1. The van der Waals surface area contributed by atoms with Gasteiger partial charge in [-0.3, -0.25) is 14.5 Å². The van der Waals surface area contributed by atoms with E-state index in [4.69, 9.17) is 4.99 Å². The molecule has 326 valence electrons. The Hall–Kier alpha value is -5.50. The number of nitrogens with zero attached hydrogens (tertiary/aromatic N) is 7. The van der Waals surface area contributed by atoms with Crippen LogP contribution >= 0.6 is 11.3 Å². The van der Waals surface area contributed by atoms with E-state index in [0.29, 0.717) is 50.9 Å². The molecule has 4 aromatic carbocycles. The smallest absolute Gasteiger partial charge is 0.162 e. The van der Waals surface area contributed by atoms with Crippen LogP contribution in [0.25, 0.3) is 5.00 Å². The normalized spacial score (nSPS) is 21.1. The first-order chi connectivity index (χ1) is 30.3. The van der Waals surface area contributed by atoms with Crippen LogP contribution in [0, 0.1) is 38.2 Å². The van der Waals surface area contributed by atoms with Crippen molar-refractivity contribution in [3.05, 3.63) is 152 Å². The second-order valence-corrected chi connectivity index (χ2v) is 19.2. The quantitative estimate of drug-likeness (QED) is 0.165. The molecule has 6 aromatic rings. The zero-order valence-electron chi connectivity index (χ0n) is 36.1. The molecule has 0 saturated carbocycles. The molecule has 0 amide bonds. The summed E-state index contributed by atoms with van der Waals surface area (Å²) < 4.78 is 48.2. The SMILES string of the molecule is Cc1sc2c(c1C)C(c1ccc(N3CCC(O)(CN4CCN(c5ccc([C@H]6c7ccc(O)cc7CC[C@H]6c6cc(F)ccc6F)c(F)c5)CC4)CC3)cc1)=N[C@@H](C)c1nnc(C)n1-2. The number of aryl methyl sites for hydroxylation is 3. The largest absolute Gasteiger partial charge is 0.508 e. The standard InChI is InChI=1S/C50H52F3N7O2S/c1-29-31(3)63-49-45(29)47(54-30(2)48-56-55-32(4)60(48)49)33-5-9-36(10-6-33)58-19-17-50(62,18-20-58)28-57-21-23-59(24-22-57)37-11-14-41(44(53)27-37)46-39-15-12-38(61)25-34(39)7-13-40(46)42-26-35(51)8-16-43(42)52/h5-6,8-12,14-16,25-27,30,40,46,61-62H,7,13,17-24,28H2,1-4H3/t30-,40-,46-/m0/s1. The van der Waals surface area contributed by atoms with Crippen LogP contribution < -0.4 is 9.80 Å². The highest BCUT2D eigenvalue weighted by molar-refractivity contribution is 7.15. The molecule has 2 aromatic heterocycles. The number of β-amino-alcohol motifs (C(OH)–C–C–N with tert-alkyl or cyclic N) is 1. The molecule has 2 fully saturated rings. The molecule has 0 unspecified atom stereocenters. The zero-order chi connectivity index (χ0) is 43.7. The van der Waals surface area contributed by atoms with E-state index in [2.05, 4.69) is 74.5 Å². The summed E-state index contributed by atoms with van der Waals surface area (Å²) >= 11 is 1.76. The van der Waals surface area contributed by atoms with Crippen molar-refractivity contribution >= 4 is 28.4 Å². The Kier molecular flexibility index (Phi) is 10.7. The summed E-state index contributed by atoms with van der Waals surface area (Å²) in [4.78, 5) is 13.3. The number of phenols is 1. The predicted octanol–water partition coefficient (Wildman–Crippen LogP) is 9.30. The topological polar surface area (TPSA) is 93.2 Å². The maximum Gasteiger partial charge on any atom is 0.162 e. The van der Waals surface area contributed by atoms with Crippen molar-refractivity contribution in [3.8, 4) is 10.8 Å².